The molecule has 0 radical (unpaired) electrons. The van der Waals surface area contributed by atoms with Crippen LogP contribution < -0.4 is 4.74 Å². The summed E-state index contributed by atoms with van der Waals surface area (Å²) in [5.41, 5.74) is 0.769. The van der Waals surface area contributed by atoms with E-state index in [9.17, 15) is 23.1 Å². The number of nitrogens with one attached hydrogen (secondary N) is 1. The van der Waals surface area contributed by atoms with Crippen LogP contribution in [0.5, 0.6) is 5.75 Å². The Hall–Kier alpha value is -3.75. The van der Waals surface area contributed by atoms with Crippen LogP contribution in [0.4, 0.5) is 13.2 Å². The van der Waals surface area contributed by atoms with E-state index in [1.54, 1.807) is 39.1 Å². The van der Waals surface area contributed by atoms with Gasteiger partial charge in [-0.15, -0.1) is 0 Å². The van der Waals surface area contributed by atoms with Gasteiger partial charge in [-0.05, 0) is 68.8 Å². The number of nitrogens with zero attached hydrogens (tertiary/aromatic N) is 1. The zero-order chi connectivity index (χ0) is 24.7. The Labute approximate surface area is 193 Å². The Kier molecular flexibility index (Phi) is 5.89. The van der Waals surface area contributed by atoms with Crippen LogP contribution >= 0.6 is 0 Å². The van der Waals surface area contributed by atoms with Crippen molar-refractivity contribution in [2.24, 2.45) is 0 Å². The molecule has 0 unspecified atom stereocenters. The molecule has 2 aromatic heterocycles. The van der Waals surface area contributed by atoms with Crippen molar-refractivity contribution in [1.82, 2.24) is 9.97 Å². The van der Waals surface area contributed by atoms with Gasteiger partial charge in [0, 0.05) is 29.1 Å². The molecule has 0 aliphatic heterocycles. The number of alkyl halides is 3. The van der Waals surface area contributed by atoms with Crippen molar-refractivity contribution in [1.29, 1.82) is 0 Å². The number of benzene rings is 2. The molecule has 0 aliphatic carbocycles. The molecule has 4 aromatic rings. The third kappa shape index (κ3) is 4.50. The molecule has 2 N–H and O–H groups in total. The summed E-state index contributed by atoms with van der Waals surface area (Å²) in [5.74, 6) is 0.462. The van der Waals surface area contributed by atoms with E-state index in [2.05, 4.69) is 9.97 Å². The minimum absolute atomic E-state index is 0.246. The molecular formula is C25H23F3N2O4. The Morgan fingerprint density at radius 3 is 2.50 bits per heavy atom. The van der Waals surface area contributed by atoms with Crippen molar-refractivity contribution in [3.63, 3.8) is 0 Å². The molecular weight excluding hydrogens is 449 g/mol. The standard InChI is InChI=1S/C25H23F3N2O4/c1-14-20(30-22(34-14)15-4-6-16(7-5-15)25(26,27)28)10-11-33-17-8-9-21-18(12-17)19(13-29-21)24(2,3)23(31)32/h4-9,12-13,29H,10-11H2,1-3H3,(H,31,32). The number of rotatable bonds is 7. The van der Waals surface area contributed by atoms with Gasteiger partial charge in [-0.3, -0.25) is 4.79 Å². The van der Waals surface area contributed by atoms with Crippen molar-refractivity contribution in [2.75, 3.05) is 6.61 Å². The minimum atomic E-state index is -4.40. The van der Waals surface area contributed by atoms with Gasteiger partial charge >= 0.3 is 12.1 Å². The summed E-state index contributed by atoms with van der Waals surface area (Å²) in [4.78, 5) is 19.2. The molecule has 0 spiro atoms. The maximum absolute atomic E-state index is 12.8. The molecule has 0 fully saturated rings. The zero-order valence-corrected chi connectivity index (χ0v) is 18.8. The first-order chi connectivity index (χ1) is 16.0. The molecule has 34 heavy (non-hydrogen) atoms. The third-order valence-electron chi connectivity index (χ3n) is 5.82. The van der Waals surface area contributed by atoms with Crippen molar-refractivity contribution < 1.29 is 32.2 Å². The summed E-state index contributed by atoms with van der Waals surface area (Å²) in [6, 6.07) is 10.1. The van der Waals surface area contributed by atoms with Crippen LogP contribution in [0.3, 0.4) is 0 Å². The number of aromatic amines is 1. The molecule has 0 aliphatic rings. The summed E-state index contributed by atoms with van der Waals surface area (Å²) in [7, 11) is 0. The van der Waals surface area contributed by atoms with Crippen LogP contribution in [0.2, 0.25) is 0 Å². The molecule has 0 atom stereocenters. The van der Waals surface area contributed by atoms with Gasteiger partial charge in [0.15, 0.2) is 0 Å². The van der Waals surface area contributed by atoms with E-state index in [4.69, 9.17) is 9.15 Å². The molecule has 2 heterocycles. The molecule has 2 aromatic carbocycles. The highest BCUT2D eigenvalue weighted by Gasteiger charge is 2.32. The zero-order valence-electron chi connectivity index (χ0n) is 18.8. The lowest BCUT2D eigenvalue weighted by atomic mass is 9.84. The average Bonchev–Trinajstić information content (AvgIpc) is 3.37. The average molecular weight is 472 g/mol. The first kappa shape index (κ1) is 23.4. The Morgan fingerprint density at radius 2 is 1.85 bits per heavy atom. The summed E-state index contributed by atoms with van der Waals surface area (Å²) in [6.07, 6.45) is -2.28. The fourth-order valence-electron chi connectivity index (χ4n) is 3.67. The minimum Gasteiger partial charge on any atom is -0.493 e. The third-order valence-corrected chi connectivity index (χ3v) is 5.82. The lowest BCUT2D eigenvalue weighted by Crippen LogP contribution is -2.28. The Bertz CT molecular complexity index is 1330. The summed E-state index contributed by atoms with van der Waals surface area (Å²) >= 11 is 0. The van der Waals surface area contributed by atoms with Gasteiger partial charge in [0.05, 0.1) is 23.3 Å². The van der Waals surface area contributed by atoms with Crippen LogP contribution in [0, 0.1) is 6.92 Å². The van der Waals surface area contributed by atoms with Crippen molar-refractivity contribution >= 4 is 16.9 Å². The molecule has 0 saturated carbocycles. The summed E-state index contributed by atoms with van der Waals surface area (Å²) in [6.45, 7) is 5.32. The molecule has 0 bridgehead atoms. The van der Waals surface area contributed by atoms with E-state index in [0.29, 0.717) is 34.8 Å². The number of oxazole rings is 1. The number of hydrogen-bond donors (Lipinski definition) is 2. The Balaban J connectivity index is 1.46. The lowest BCUT2D eigenvalue weighted by molar-refractivity contribution is -0.142. The monoisotopic (exact) mass is 472 g/mol. The number of H-pyrrole nitrogens is 1. The molecule has 0 saturated heterocycles. The van der Waals surface area contributed by atoms with Gasteiger partial charge in [0.1, 0.15) is 11.5 Å². The summed E-state index contributed by atoms with van der Waals surface area (Å²) in [5, 5.41) is 10.3. The number of halogens is 3. The molecule has 178 valence electrons. The fourth-order valence-corrected chi connectivity index (χ4v) is 3.67. The van der Waals surface area contributed by atoms with E-state index in [1.165, 1.54) is 12.1 Å². The first-order valence-electron chi connectivity index (χ1n) is 10.6. The van der Waals surface area contributed by atoms with Crippen molar-refractivity contribution in [3.05, 3.63) is 71.2 Å². The van der Waals surface area contributed by atoms with E-state index < -0.39 is 23.1 Å². The van der Waals surface area contributed by atoms with Crippen LogP contribution in [-0.4, -0.2) is 27.7 Å². The van der Waals surface area contributed by atoms with E-state index in [1.807, 2.05) is 6.07 Å². The van der Waals surface area contributed by atoms with Crippen molar-refractivity contribution in [3.8, 4) is 17.2 Å². The van der Waals surface area contributed by atoms with Gasteiger partial charge in [-0.1, -0.05) is 0 Å². The highest BCUT2D eigenvalue weighted by atomic mass is 19.4. The van der Waals surface area contributed by atoms with E-state index >= 15 is 0 Å². The summed E-state index contributed by atoms with van der Waals surface area (Å²) < 4.78 is 49.8. The van der Waals surface area contributed by atoms with Crippen LogP contribution in [0.1, 0.15) is 36.4 Å². The van der Waals surface area contributed by atoms with Gasteiger partial charge in [0.25, 0.3) is 0 Å². The normalized spacial score (nSPS) is 12.3. The quantitative estimate of drug-likeness (QED) is 0.338. The molecule has 9 heteroatoms. The topological polar surface area (TPSA) is 88.4 Å². The highest BCUT2D eigenvalue weighted by Crippen LogP contribution is 2.33. The number of carboxylic acid groups (broad SMARTS) is 1. The number of aliphatic carboxylic acids is 1. The molecule has 4 rings (SSSR count). The molecule has 6 nitrogen and oxygen atoms in total. The predicted molar refractivity (Wildman–Crippen MR) is 120 cm³/mol. The second kappa shape index (κ2) is 8.55. The number of ether oxygens (including phenoxy) is 1. The number of carboxylic acids is 1. The number of hydrogen-bond acceptors (Lipinski definition) is 4. The SMILES string of the molecule is Cc1oc(-c2ccc(C(F)(F)F)cc2)nc1CCOc1ccc2[nH]cc(C(C)(C)C(=O)O)c2c1. The highest BCUT2D eigenvalue weighted by molar-refractivity contribution is 5.92. The first-order valence-corrected chi connectivity index (χ1v) is 10.6. The molecule has 0 amide bonds. The fraction of sp³-hybridized carbons (Fsp3) is 0.280. The van der Waals surface area contributed by atoms with Gasteiger partial charge in [-0.2, -0.15) is 13.2 Å². The van der Waals surface area contributed by atoms with Crippen LogP contribution in [-0.2, 0) is 22.8 Å². The predicted octanol–water partition coefficient (Wildman–Crippen LogP) is 6.13. The number of carbonyl (C=O) groups is 1. The van der Waals surface area contributed by atoms with E-state index in [-0.39, 0.29) is 12.5 Å². The van der Waals surface area contributed by atoms with Crippen molar-refractivity contribution in [2.45, 2.75) is 38.8 Å². The largest absolute Gasteiger partial charge is 0.493 e. The maximum atomic E-state index is 12.8. The van der Waals surface area contributed by atoms with E-state index in [0.717, 1.165) is 23.0 Å². The van der Waals surface area contributed by atoms with Gasteiger partial charge in [0.2, 0.25) is 5.89 Å². The second-order valence-electron chi connectivity index (χ2n) is 8.54. The lowest BCUT2D eigenvalue weighted by Gasteiger charge is -2.18. The van der Waals surface area contributed by atoms with Gasteiger partial charge in [-0.25, -0.2) is 4.98 Å². The van der Waals surface area contributed by atoms with Crippen LogP contribution in [0.25, 0.3) is 22.4 Å². The van der Waals surface area contributed by atoms with Gasteiger partial charge < -0.3 is 19.2 Å². The smallest absolute Gasteiger partial charge is 0.416 e. The second-order valence-corrected chi connectivity index (χ2v) is 8.54. The maximum Gasteiger partial charge on any atom is 0.416 e. The number of aromatic nitrogens is 2. The van der Waals surface area contributed by atoms with Crippen LogP contribution in [0.15, 0.2) is 53.1 Å². The number of aryl methyl sites for hydroxylation is 1. The number of fused-ring (bicyclic) bond motifs is 1. The Morgan fingerprint density at radius 1 is 1.15 bits per heavy atom.